The standard InChI is InChI=1S/C16H17Br2FN2/c1-21(10-11-2-5-13(17)6-3-11)16(9-20)12-4-7-14(18)15(19)8-12/h2-8,16H,9-10,20H2,1H3. The Hall–Kier alpha value is -0.750. The molecule has 2 rings (SSSR count). The van der Waals surface area contributed by atoms with Gasteiger partial charge in [0.05, 0.1) is 4.47 Å². The SMILES string of the molecule is CN(Cc1ccc(Br)cc1)C(CN)c1ccc(Br)c(F)c1. The Morgan fingerprint density at radius 1 is 1.14 bits per heavy atom. The van der Waals surface area contributed by atoms with Gasteiger partial charge in [0.2, 0.25) is 0 Å². The van der Waals surface area contributed by atoms with Gasteiger partial charge in [-0.3, -0.25) is 4.90 Å². The molecule has 0 amide bonds. The van der Waals surface area contributed by atoms with Crippen LogP contribution in [0.2, 0.25) is 0 Å². The van der Waals surface area contributed by atoms with Crippen molar-refractivity contribution in [1.82, 2.24) is 4.90 Å². The molecular formula is C16H17Br2FN2. The second-order valence-corrected chi connectivity index (χ2v) is 6.74. The first-order valence-electron chi connectivity index (χ1n) is 6.61. The van der Waals surface area contributed by atoms with Gasteiger partial charge in [-0.15, -0.1) is 0 Å². The van der Waals surface area contributed by atoms with Crippen molar-refractivity contribution in [1.29, 1.82) is 0 Å². The molecule has 21 heavy (non-hydrogen) atoms. The number of halogens is 3. The van der Waals surface area contributed by atoms with Gasteiger partial charge in [0, 0.05) is 23.6 Å². The molecule has 2 nitrogen and oxygen atoms in total. The van der Waals surface area contributed by atoms with Crippen molar-refractivity contribution >= 4 is 31.9 Å². The molecule has 112 valence electrons. The van der Waals surface area contributed by atoms with Gasteiger partial charge in [0.1, 0.15) is 5.82 Å². The van der Waals surface area contributed by atoms with E-state index in [9.17, 15) is 4.39 Å². The van der Waals surface area contributed by atoms with Crippen molar-refractivity contribution in [2.45, 2.75) is 12.6 Å². The maximum absolute atomic E-state index is 13.7. The summed E-state index contributed by atoms with van der Waals surface area (Å²) in [5.41, 5.74) is 7.97. The molecule has 0 aliphatic rings. The van der Waals surface area contributed by atoms with Crippen LogP contribution in [0.4, 0.5) is 4.39 Å². The van der Waals surface area contributed by atoms with E-state index < -0.39 is 0 Å². The van der Waals surface area contributed by atoms with Gasteiger partial charge in [0.25, 0.3) is 0 Å². The zero-order valence-electron chi connectivity index (χ0n) is 11.7. The molecule has 0 aliphatic carbocycles. The molecule has 0 saturated carbocycles. The van der Waals surface area contributed by atoms with Crippen LogP contribution in [0.25, 0.3) is 0 Å². The van der Waals surface area contributed by atoms with Crippen molar-refractivity contribution in [3.63, 3.8) is 0 Å². The molecule has 0 aliphatic heterocycles. The average molecular weight is 416 g/mol. The first kappa shape index (κ1) is 16.6. The summed E-state index contributed by atoms with van der Waals surface area (Å²) in [5, 5.41) is 0. The lowest BCUT2D eigenvalue weighted by atomic mass is 10.0. The van der Waals surface area contributed by atoms with E-state index in [1.54, 1.807) is 12.1 Å². The number of rotatable bonds is 5. The first-order chi connectivity index (χ1) is 10.0. The minimum atomic E-state index is -0.261. The molecule has 2 N–H and O–H groups in total. The predicted molar refractivity (Wildman–Crippen MR) is 91.5 cm³/mol. The van der Waals surface area contributed by atoms with Crippen molar-refractivity contribution in [3.8, 4) is 0 Å². The van der Waals surface area contributed by atoms with E-state index in [0.717, 1.165) is 16.6 Å². The van der Waals surface area contributed by atoms with Gasteiger partial charge in [0.15, 0.2) is 0 Å². The fourth-order valence-corrected chi connectivity index (χ4v) is 2.79. The zero-order valence-corrected chi connectivity index (χ0v) is 14.9. The second kappa shape index (κ2) is 7.49. The third-order valence-corrected chi connectivity index (χ3v) is 4.60. The number of likely N-dealkylation sites (N-methyl/N-ethyl adjacent to an activating group) is 1. The molecule has 2 aromatic rings. The van der Waals surface area contributed by atoms with E-state index in [1.807, 2.05) is 25.2 Å². The molecular weight excluding hydrogens is 399 g/mol. The molecule has 0 aromatic heterocycles. The first-order valence-corrected chi connectivity index (χ1v) is 8.19. The fourth-order valence-electron chi connectivity index (χ4n) is 2.28. The molecule has 1 atom stereocenters. The molecule has 0 bridgehead atoms. The molecule has 0 spiro atoms. The smallest absolute Gasteiger partial charge is 0.137 e. The minimum absolute atomic E-state index is 0.0174. The number of hydrogen-bond acceptors (Lipinski definition) is 2. The van der Waals surface area contributed by atoms with Gasteiger partial charge < -0.3 is 5.73 Å². The molecule has 2 aromatic carbocycles. The van der Waals surface area contributed by atoms with E-state index in [-0.39, 0.29) is 11.9 Å². The van der Waals surface area contributed by atoms with Gasteiger partial charge >= 0.3 is 0 Å². The highest BCUT2D eigenvalue weighted by Gasteiger charge is 2.17. The van der Waals surface area contributed by atoms with Crippen LogP contribution in [0.5, 0.6) is 0 Å². The van der Waals surface area contributed by atoms with Crippen LogP contribution < -0.4 is 5.73 Å². The highest BCUT2D eigenvalue weighted by Crippen LogP contribution is 2.25. The Labute approximate surface area is 141 Å². The molecule has 0 fully saturated rings. The monoisotopic (exact) mass is 414 g/mol. The van der Waals surface area contributed by atoms with Crippen LogP contribution in [0, 0.1) is 5.82 Å². The van der Waals surface area contributed by atoms with Crippen molar-refractivity contribution in [2.75, 3.05) is 13.6 Å². The van der Waals surface area contributed by atoms with E-state index in [4.69, 9.17) is 5.73 Å². The largest absolute Gasteiger partial charge is 0.329 e. The highest BCUT2D eigenvalue weighted by molar-refractivity contribution is 9.10. The lowest BCUT2D eigenvalue weighted by Crippen LogP contribution is -2.30. The van der Waals surface area contributed by atoms with Crippen LogP contribution in [-0.4, -0.2) is 18.5 Å². The third-order valence-electron chi connectivity index (χ3n) is 3.43. The lowest BCUT2D eigenvalue weighted by Gasteiger charge is -2.27. The van der Waals surface area contributed by atoms with E-state index >= 15 is 0 Å². The number of benzene rings is 2. The number of nitrogens with two attached hydrogens (primary N) is 1. The Morgan fingerprint density at radius 3 is 2.38 bits per heavy atom. The Kier molecular flexibility index (Phi) is 5.93. The van der Waals surface area contributed by atoms with Crippen LogP contribution in [0.1, 0.15) is 17.2 Å². The summed E-state index contributed by atoms with van der Waals surface area (Å²) < 4.78 is 15.2. The van der Waals surface area contributed by atoms with Gasteiger partial charge in [-0.05, 0) is 58.4 Å². The molecule has 0 heterocycles. The number of hydrogen-bond donors (Lipinski definition) is 1. The summed E-state index contributed by atoms with van der Waals surface area (Å²) in [5.74, 6) is -0.261. The number of nitrogens with zero attached hydrogens (tertiary/aromatic N) is 1. The Bertz CT molecular complexity index is 602. The molecule has 0 saturated heterocycles. The van der Waals surface area contributed by atoms with Crippen LogP contribution in [0.3, 0.4) is 0 Å². The maximum atomic E-state index is 13.7. The fraction of sp³-hybridized carbons (Fsp3) is 0.250. The van der Waals surface area contributed by atoms with Crippen LogP contribution >= 0.6 is 31.9 Å². The van der Waals surface area contributed by atoms with E-state index in [2.05, 4.69) is 48.9 Å². The summed E-state index contributed by atoms with van der Waals surface area (Å²) in [6.07, 6.45) is 0. The molecule has 1 unspecified atom stereocenters. The third kappa shape index (κ3) is 4.36. The summed E-state index contributed by atoms with van der Waals surface area (Å²) in [6, 6.07) is 13.3. The Balaban J connectivity index is 2.15. The summed E-state index contributed by atoms with van der Waals surface area (Å²) in [4.78, 5) is 2.13. The summed E-state index contributed by atoms with van der Waals surface area (Å²) in [6.45, 7) is 1.20. The average Bonchev–Trinajstić information content (AvgIpc) is 2.46. The quantitative estimate of drug-likeness (QED) is 0.779. The normalized spacial score (nSPS) is 12.7. The summed E-state index contributed by atoms with van der Waals surface area (Å²) >= 11 is 6.60. The Morgan fingerprint density at radius 2 is 1.81 bits per heavy atom. The van der Waals surface area contributed by atoms with Crippen LogP contribution in [-0.2, 0) is 6.54 Å². The molecule has 5 heteroatoms. The van der Waals surface area contributed by atoms with Crippen molar-refractivity contribution in [3.05, 3.63) is 68.4 Å². The van der Waals surface area contributed by atoms with E-state index in [1.165, 1.54) is 5.56 Å². The van der Waals surface area contributed by atoms with Gasteiger partial charge in [-0.1, -0.05) is 34.1 Å². The van der Waals surface area contributed by atoms with Gasteiger partial charge in [-0.25, -0.2) is 4.39 Å². The maximum Gasteiger partial charge on any atom is 0.137 e. The van der Waals surface area contributed by atoms with Gasteiger partial charge in [-0.2, -0.15) is 0 Å². The second-order valence-electron chi connectivity index (χ2n) is 4.97. The van der Waals surface area contributed by atoms with Crippen molar-refractivity contribution in [2.24, 2.45) is 5.73 Å². The lowest BCUT2D eigenvalue weighted by molar-refractivity contribution is 0.241. The van der Waals surface area contributed by atoms with E-state index in [0.29, 0.717) is 11.0 Å². The van der Waals surface area contributed by atoms with Crippen molar-refractivity contribution < 1.29 is 4.39 Å². The highest BCUT2D eigenvalue weighted by atomic mass is 79.9. The van der Waals surface area contributed by atoms with Crippen LogP contribution in [0.15, 0.2) is 51.4 Å². The summed E-state index contributed by atoms with van der Waals surface area (Å²) in [7, 11) is 2.00. The zero-order chi connectivity index (χ0) is 15.4. The predicted octanol–water partition coefficient (Wildman–Crippen LogP) is 4.48. The topological polar surface area (TPSA) is 29.3 Å². The molecule has 0 radical (unpaired) electrons. The minimum Gasteiger partial charge on any atom is -0.329 e.